The summed E-state index contributed by atoms with van der Waals surface area (Å²) < 4.78 is 6.80. The van der Waals surface area contributed by atoms with Crippen LogP contribution in [0.5, 0.6) is 5.88 Å². The summed E-state index contributed by atoms with van der Waals surface area (Å²) in [5.74, 6) is 0.448. The van der Waals surface area contributed by atoms with Gasteiger partial charge in [-0.25, -0.2) is 0 Å². The Kier molecular flexibility index (Phi) is 3.97. The fraction of sp³-hybridized carbons (Fsp3) is 0.0625. The monoisotopic (exact) mass is 387 g/mol. The van der Waals surface area contributed by atoms with Crippen LogP contribution in [0.2, 0.25) is 0 Å². The van der Waals surface area contributed by atoms with E-state index in [-0.39, 0.29) is 0 Å². The van der Waals surface area contributed by atoms with Crippen LogP contribution >= 0.6 is 22.6 Å². The Labute approximate surface area is 135 Å². The van der Waals surface area contributed by atoms with E-state index in [4.69, 9.17) is 10.00 Å². The van der Waals surface area contributed by atoms with Gasteiger partial charge in [0, 0.05) is 14.3 Å². The standard InChI is InChI=1S/C16H10IN3O/c17-12-6-7-13-14(8-12)15(9-18)19-20-16(13)21-10-11-4-2-1-3-5-11/h1-8H,10H2. The SMILES string of the molecule is N#Cc1nnc(OCc2ccccc2)c2ccc(I)cc12. The molecule has 3 rings (SSSR count). The number of aromatic nitrogens is 2. The molecule has 0 radical (unpaired) electrons. The molecule has 0 aliphatic carbocycles. The van der Waals surface area contributed by atoms with Crippen molar-refractivity contribution in [3.05, 3.63) is 63.4 Å². The zero-order valence-electron chi connectivity index (χ0n) is 11.0. The summed E-state index contributed by atoms with van der Waals surface area (Å²) in [6.45, 7) is 0.419. The lowest BCUT2D eigenvalue weighted by Crippen LogP contribution is -2.01. The van der Waals surface area contributed by atoms with Crippen LogP contribution in [-0.4, -0.2) is 10.2 Å². The van der Waals surface area contributed by atoms with E-state index < -0.39 is 0 Å². The largest absolute Gasteiger partial charge is 0.471 e. The van der Waals surface area contributed by atoms with E-state index >= 15 is 0 Å². The molecule has 0 spiro atoms. The van der Waals surface area contributed by atoms with Crippen molar-refractivity contribution in [1.82, 2.24) is 10.2 Å². The average Bonchev–Trinajstić information content (AvgIpc) is 2.53. The van der Waals surface area contributed by atoms with E-state index in [2.05, 4.69) is 38.9 Å². The lowest BCUT2D eigenvalue weighted by Gasteiger charge is -2.08. The predicted molar refractivity (Wildman–Crippen MR) is 87.7 cm³/mol. The third-order valence-electron chi connectivity index (χ3n) is 3.03. The molecule has 0 saturated heterocycles. The third-order valence-corrected chi connectivity index (χ3v) is 3.70. The maximum absolute atomic E-state index is 9.13. The molecule has 1 heterocycles. The Bertz CT molecular complexity index is 828. The fourth-order valence-corrected chi connectivity index (χ4v) is 2.51. The molecule has 0 amide bonds. The summed E-state index contributed by atoms with van der Waals surface area (Å²) in [5, 5.41) is 18.7. The Morgan fingerprint density at radius 3 is 2.62 bits per heavy atom. The first-order valence-electron chi connectivity index (χ1n) is 6.30. The van der Waals surface area contributed by atoms with Gasteiger partial charge in [0.25, 0.3) is 0 Å². The lowest BCUT2D eigenvalue weighted by atomic mass is 10.1. The molecule has 0 N–H and O–H groups in total. The Hall–Kier alpha value is -2.20. The zero-order chi connectivity index (χ0) is 14.7. The number of hydrogen-bond acceptors (Lipinski definition) is 4. The minimum absolute atomic E-state index is 0.315. The van der Waals surface area contributed by atoms with Gasteiger partial charge in [-0.1, -0.05) is 30.3 Å². The van der Waals surface area contributed by atoms with Gasteiger partial charge in [-0.2, -0.15) is 5.26 Å². The van der Waals surface area contributed by atoms with Gasteiger partial charge in [-0.3, -0.25) is 0 Å². The second kappa shape index (κ2) is 6.06. The fourth-order valence-electron chi connectivity index (χ4n) is 2.02. The number of benzene rings is 2. The molecule has 0 atom stereocenters. The molecule has 4 nitrogen and oxygen atoms in total. The van der Waals surface area contributed by atoms with Gasteiger partial charge in [-0.05, 0) is 46.4 Å². The summed E-state index contributed by atoms with van der Waals surface area (Å²) in [6, 6.07) is 17.7. The van der Waals surface area contributed by atoms with Crippen molar-refractivity contribution in [3.8, 4) is 11.9 Å². The Morgan fingerprint density at radius 1 is 1.05 bits per heavy atom. The average molecular weight is 387 g/mol. The number of hydrogen-bond donors (Lipinski definition) is 0. The quantitative estimate of drug-likeness (QED) is 0.644. The molecule has 0 unspecified atom stereocenters. The molecule has 0 fully saturated rings. The third kappa shape index (κ3) is 2.95. The van der Waals surface area contributed by atoms with Crippen LogP contribution in [0.25, 0.3) is 10.8 Å². The van der Waals surface area contributed by atoms with Crippen LogP contribution in [0, 0.1) is 14.9 Å². The highest BCUT2D eigenvalue weighted by Gasteiger charge is 2.10. The maximum atomic E-state index is 9.13. The summed E-state index contributed by atoms with van der Waals surface area (Å²) in [7, 11) is 0. The number of nitriles is 1. The van der Waals surface area contributed by atoms with Crippen molar-refractivity contribution < 1.29 is 4.74 Å². The number of rotatable bonds is 3. The minimum atomic E-state index is 0.315. The molecular formula is C16H10IN3O. The first-order chi connectivity index (χ1) is 10.3. The number of halogens is 1. The van der Waals surface area contributed by atoms with Crippen LogP contribution < -0.4 is 4.74 Å². The van der Waals surface area contributed by atoms with E-state index in [9.17, 15) is 0 Å². The molecule has 1 aromatic heterocycles. The van der Waals surface area contributed by atoms with Crippen molar-refractivity contribution in [2.24, 2.45) is 0 Å². The molecule has 0 saturated carbocycles. The van der Waals surface area contributed by atoms with Gasteiger partial charge < -0.3 is 4.74 Å². The minimum Gasteiger partial charge on any atom is -0.471 e. The van der Waals surface area contributed by atoms with Gasteiger partial charge in [0.05, 0.1) is 0 Å². The van der Waals surface area contributed by atoms with Crippen molar-refractivity contribution in [2.45, 2.75) is 6.61 Å². The molecule has 0 aliphatic rings. The normalized spacial score (nSPS) is 10.3. The van der Waals surface area contributed by atoms with Gasteiger partial charge in [0.2, 0.25) is 5.88 Å². The highest BCUT2D eigenvalue weighted by atomic mass is 127. The second-order valence-corrected chi connectivity index (χ2v) is 5.68. The van der Waals surface area contributed by atoms with E-state index in [1.807, 2.05) is 48.5 Å². The smallest absolute Gasteiger partial charge is 0.241 e. The van der Waals surface area contributed by atoms with Crippen LogP contribution in [0.4, 0.5) is 0 Å². The summed E-state index contributed by atoms with van der Waals surface area (Å²) >= 11 is 2.20. The predicted octanol–water partition coefficient (Wildman–Crippen LogP) is 3.69. The van der Waals surface area contributed by atoms with Crippen molar-refractivity contribution in [2.75, 3.05) is 0 Å². The van der Waals surface area contributed by atoms with E-state index in [0.717, 1.165) is 19.9 Å². The number of nitrogens with zero attached hydrogens (tertiary/aromatic N) is 3. The van der Waals surface area contributed by atoms with Gasteiger partial charge >= 0.3 is 0 Å². The van der Waals surface area contributed by atoms with Crippen LogP contribution in [0.3, 0.4) is 0 Å². The summed E-state index contributed by atoms with van der Waals surface area (Å²) in [5.41, 5.74) is 1.37. The molecular weight excluding hydrogens is 377 g/mol. The first-order valence-corrected chi connectivity index (χ1v) is 7.38. The highest BCUT2D eigenvalue weighted by molar-refractivity contribution is 14.1. The van der Waals surface area contributed by atoms with Crippen molar-refractivity contribution in [3.63, 3.8) is 0 Å². The molecule has 2 aromatic carbocycles. The van der Waals surface area contributed by atoms with Crippen LogP contribution in [0.15, 0.2) is 48.5 Å². The van der Waals surface area contributed by atoms with Crippen LogP contribution in [0.1, 0.15) is 11.3 Å². The van der Waals surface area contributed by atoms with Gasteiger partial charge in [0.1, 0.15) is 12.7 Å². The Balaban J connectivity index is 1.98. The highest BCUT2D eigenvalue weighted by Crippen LogP contribution is 2.26. The number of ether oxygens (including phenoxy) is 1. The summed E-state index contributed by atoms with van der Waals surface area (Å²) in [6.07, 6.45) is 0. The van der Waals surface area contributed by atoms with Crippen molar-refractivity contribution in [1.29, 1.82) is 5.26 Å². The molecule has 21 heavy (non-hydrogen) atoms. The van der Waals surface area contributed by atoms with E-state index in [1.165, 1.54) is 0 Å². The second-order valence-electron chi connectivity index (χ2n) is 4.43. The lowest BCUT2D eigenvalue weighted by molar-refractivity contribution is 0.294. The maximum Gasteiger partial charge on any atom is 0.241 e. The molecule has 0 aliphatic heterocycles. The topological polar surface area (TPSA) is 58.8 Å². The zero-order valence-corrected chi connectivity index (χ0v) is 13.1. The molecule has 0 bridgehead atoms. The number of fused-ring (bicyclic) bond motifs is 1. The molecule has 5 heteroatoms. The van der Waals surface area contributed by atoms with E-state index in [0.29, 0.717) is 18.2 Å². The molecule has 102 valence electrons. The van der Waals surface area contributed by atoms with Crippen LogP contribution in [-0.2, 0) is 6.61 Å². The Morgan fingerprint density at radius 2 is 1.86 bits per heavy atom. The van der Waals surface area contributed by atoms with Gasteiger partial charge in [-0.15, -0.1) is 10.2 Å². The van der Waals surface area contributed by atoms with E-state index in [1.54, 1.807) is 0 Å². The first kappa shape index (κ1) is 13.8. The van der Waals surface area contributed by atoms with Crippen molar-refractivity contribution >= 4 is 33.4 Å². The summed E-state index contributed by atoms with van der Waals surface area (Å²) in [4.78, 5) is 0. The molecule has 3 aromatic rings. The van der Waals surface area contributed by atoms with Gasteiger partial charge in [0.15, 0.2) is 5.69 Å².